The molecule has 0 unspecified atom stereocenters. The summed E-state index contributed by atoms with van der Waals surface area (Å²) in [5.41, 5.74) is -0.486. The minimum absolute atomic E-state index is 0.303. The SMILES string of the molecule is CC(=O)[C@H](O)c1c(O)cc(C)[nH]c1=O. The first kappa shape index (κ1) is 10.5. The van der Waals surface area contributed by atoms with Crippen LogP contribution in [-0.2, 0) is 4.79 Å². The van der Waals surface area contributed by atoms with Gasteiger partial charge in [0.2, 0.25) is 0 Å². The van der Waals surface area contributed by atoms with Crippen LogP contribution in [0.1, 0.15) is 24.3 Å². The van der Waals surface area contributed by atoms with Gasteiger partial charge in [0.05, 0.1) is 5.56 Å². The van der Waals surface area contributed by atoms with Gasteiger partial charge in [-0.15, -0.1) is 0 Å². The van der Waals surface area contributed by atoms with Crippen molar-refractivity contribution < 1.29 is 15.0 Å². The average Bonchev–Trinajstić information content (AvgIpc) is 2.01. The van der Waals surface area contributed by atoms with Crippen LogP contribution in [0.4, 0.5) is 0 Å². The second-order valence-electron chi connectivity index (χ2n) is 3.09. The lowest BCUT2D eigenvalue weighted by Crippen LogP contribution is -2.21. The Bertz CT molecular complexity index is 421. The molecule has 0 aliphatic rings. The average molecular weight is 197 g/mol. The van der Waals surface area contributed by atoms with E-state index >= 15 is 0 Å². The largest absolute Gasteiger partial charge is 0.507 e. The van der Waals surface area contributed by atoms with Gasteiger partial charge in [0.15, 0.2) is 5.78 Å². The van der Waals surface area contributed by atoms with E-state index in [-0.39, 0.29) is 11.3 Å². The van der Waals surface area contributed by atoms with E-state index < -0.39 is 17.4 Å². The molecular formula is C9H11NO4. The summed E-state index contributed by atoms with van der Waals surface area (Å²) in [5.74, 6) is -0.955. The number of hydrogen-bond acceptors (Lipinski definition) is 4. The number of nitrogens with one attached hydrogen (secondary N) is 1. The number of aliphatic hydroxyl groups excluding tert-OH is 1. The number of carbonyl (C=O) groups excluding carboxylic acids is 1. The highest BCUT2D eigenvalue weighted by Crippen LogP contribution is 2.20. The maximum absolute atomic E-state index is 11.3. The highest BCUT2D eigenvalue weighted by atomic mass is 16.3. The fourth-order valence-corrected chi connectivity index (χ4v) is 1.15. The van der Waals surface area contributed by atoms with Gasteiger partial charge in [-0.25, -0.2) is 0 Å². The number of carbonyl (C=O) groups is 1. The van der Waals surface area contributed by atoms with Gasteiger partial charge in [0, 0.05) is 5.69 Å². The lowest BCUT2D eigenvalue weighted by Gasteiger charge is -2.08. The Balaban J connectivity index is 3.35. The van der Waals surface area contributed by atoms with E-state index in [0.717, 1.165) is 6.92 Å². The predicted molar refractivity (Wildman–Crippen MR) is 49.1 cm³/mol. The van der Waals surface area contributed by atoms with Gasteiger partial charge in [0.25, 0.3) is 5.56 Å². The summed E-state index contributed by atoms with van der Waals surface area (Å²) in [4.78, 5) is 24.5. The van der Waals surface area contributed by atoms with Crippen molar-refractivity contribution in [3.8, 4) is 5.75 Å². The van der Waals surface area contributed by atoms with Crippen molar-refractivity contribution in [3.63, 3.8) is 0 Å². The molecule has 0 fully saturated rings. The van der Waals surface area contributed by atoms with Crippen molar-refractivity contribution in [2.75, 3.05) is 0 Å². The molecule has 76 valence electrons. The number of ketones is 1. The van der Waals surface area contributed by atoms with Crippen LogP contribution >= 0.6 is 0 Å². The molecule has 5 heteroatoms. The molecule has 0 saturated heterocycles. The molecule has 1 heterocycles. The summed E-state index contributed by atoms with van der Waals surface area (Å²) < 4.78 is 0. The van der Waals surface area contributed by atoms with Crippen molar-refractivity contribution in [1.82, 2.24) is 4.98 Å². The van der Waals surface area contributed by atoms with Gasteiger partial charge in [0.1, 0.15) is 11.9 Å². The van der Waals surface area contributed by atoms with Crippen molar-refractivity contribution >= 4 is 5.78 Å². The van der Waals surface area contributed by atoms with Crippen LogP contribution in [0, 0.1) is 6.92 Å². The molecule has 0 aliphatic carbocycles. The third-order valence-electron chi connectivity index (χ3n) is 1.84. The number of aromatic hydroxyl groups is 1. The fourth-order valence-electron chi connectivity index (χ4n) is 1.15. The summed E-state index contributed by atoms with van der Waals surface area (Å²) in [7, 11) is 0. The van der Waals surface area contributed by atoms with Crippen LogP contribution in [0.15, 0.2) is 10.9 Å². The minimum Gasteiger partial charge on any atom is -0.507 e. The summed E-state index contributed by atoms with van der Waals surface area (Å²) in [5, 5.41) is 18.7. The van der Waals surface area contributed by atoms with Crippen molar-refractivity contribution in [1.29, 1.82) is 0 Å². The zero-order chi connectivity index (χ0) is 10.9. The van der Waals surface area contributed by atoms with E-state index in [0.29, 0.717) is 5.69 Å². The van der Waals surface area contributed by atoms with E-state index in [4.69, 9.17) is 0 Å². The summed E-state index contributed by atoms with van der Waals surface area (Å²) in [6.07, 6.45) is -1.57. The molecule has 0 amide bonds. The smallest absolute Gasteiger partial charge is 0.258 e. The molecule has 0 aliphatic heterocycles. The number of pyridine rings is 1. The van der Waals surface area contributed by atoms with E-state index in [2.05, 4.69) is 4.98 Å². The van der Waals surface area contributed by atoms with Crippen molar-refractivity contribution in [2.45, 2.75) is 20.0 Å². The number of aromatic amines is 1. The summed E-state index contributed by atoms with van der Waals surface area (Å²) >= 11 is 0. The van der Waals surface area contributed by atoms with Gasteiger partial charge in [-0.1, -0.05) is 0 Å². The van der Waals surface area contributed by atoms with Crippen LogP contribution in [-0.4, -0.2) is 21.0 Å². The number of aliphatic hydroxyl groups is 1. The number of Topliss-reactive ketones (excluding diaryl/α,β-unsaturated/α-hetero) is 1. The van der Waals surface area contributed by atoms with Gasteiger partial charge >= 0.3 is 0 Å². The first-order valence-electron chi connectivity index (χ1n) is 4.04. The van der Waals surface area contributed by atoms with Gasteiger partial charge in [-0.2, -0.15) is 0 Å². The molecule has 1 rings (SSSR count). The third-order valence-corrected chi connectivity index (χ3v) is 1.84. The van der Waals surface area contributed by atoms with E-state index in [1.54, 1.807) is 6.92 Å². The standard InChI is InChI=1S/C9H11NO4/c1-4-3-6(12)7(9(14)10-4)8(13)5(2)11/h3,8,13H,1-2H3,(H2,10,12,14)/t8-/m0/s1. The van der Waals surface area contributed by atoms with Crippen LogP contribution in [0.5, 0.6) is 5.75 Å². The fraction of sp³-hybridized carbons (Fsp3) is 0.333. The zero-order valence-electron chi connectivity index (χ0n) is 7.87. The molecule has 3 N–H and O–H groups in total. The van der Waals surface area contributed by atoms with Crippen LogP contribution in [0.3, 0.4) is 0 Å². The molecule has 5 nitrogen and oxygen atoms in total. The first-order valence-corrected chi connectivity index (χ1v) is 4.04. The highest BCUT2D eigenvalue weighted by molar-refractivity contribution is 5.82. The Morgan fingerprint density at radius 2 is 2.14 bits per heavy atom. The van der Waals surface area contributed by atoms with Gasteiger partial charge < -0.3 is 15.2 Å². The molecule has 14 heavy (non-hydrogen) atoms. The number of rotatable bonds is 2. The minimum atomic E-state index is -1.57. The Kier molecular flexibility index (Phi) is 2.71. The topological polar surface area (TPSA) is 90.4 Å². The highest BCUT2D eigenvalue weighted by Gasteiger charge is 2.20. The lowest BCUT2D eigenvalue weighted by atomic mass is 10.1. The molecular weight excluding hydrogens is 186 g/mol. The van der Waals surface area contributed by atoms with Crippen molar-refractivity contribution in [2.24, 2.45) is 0 Å². The Hall–Kier alpha value is -1.62. The Morgan fingerprint density at radius 1 is 1.57 bits per heavy atom. The Labute approximate surface area is 80.0 Å². The van der Waals surface area contributed by atoms with E-state index in [9.17, 15) is 19.8 Å². The number of aryl methyl sites for hydroxylation is 1. The second kappa shape index (κ2) is 3.63. The number of hydrogen-bond donors (Lipinski definition) is 3. The molecule has 0 saturated carbocycles. The van der Waals surface area contributed by atoms with Crippen LogP contribution in [0.2, 0.25) is 0 Å². The molecule has 1 aromatic heterocycles. The predicted octanol–water partition coefficient (Wildman–Crippen LogP) is 0.0113. The number of H-pyrrole nitrogens is 1. The molecule has 1 aromatic rings. The van der Waals surface area contributed by atoms with Crippen LogP contribution < -0.4 is 5.56 Å². The third kappa shape index (κ3) is 1.82. The molecule has 0 bridgehead atoms. The van der Waals surface area contributed by atoms with Gasteiger partial charge in [-0.3, -0.25) is 9.59 Å². The zero-order valence-corrected chi connectivity index (χ0v) is 7.87. The summed E-state index contributed by atoms with van der Waals surface area (Å²) in [6.45, 7) is 2.73. The Morgan fingerprint density at radius 3 is 2.57 bits per heavy atom. The quantitative estimate of drug-likeness (QED) is 0.623. The molecule has 1 atom stereocenters. The second-order valence-corrected chi connectivity index (χ2v) is 3.09. The summed E-state index contributed by atoms with van der Waals surface area (Å²) in [6, 6.07) is 1.28. The molecule has 0 aromatic carbocycles. The molecule has 0 radical (unpaired) electrons. The van der Waals surface area contributed by atoms with E-state index in [1.807, 2.05) is 0 Å². The first-order chi connectivity index (χ1) is 6.43. The molecule has 0 spiro atoms. The monoisotopic (exact) mass is 197 g/mol. The van der Waals surface area contributed by atoms with Crippen LogP contribution in [0.25, 0.3) is 0 Å². The van der Waals surface area contributed by atoms with Crippen molar-refractivity contribution in [3.05, 3.63) is 27.7 Å². The van der Waals surface area contributed by atoms with Gasteiger partial charge in [-0.05, 0) is 19.9 Å². The van der Waals surface area contributed by atoms with E-state index in [1.165, 1.54) is 6.07 Å². The lowest BCUT2D eigenvalue weighted by molar-refractivity contribution is -0.125. The normalized spacial score (nSPS) is 12.5. The maximum Gasteiger partial charge on any atom is 0.258 e. The number of aromatic nitrogens is 1. The maximum atomic E-state index is 11.3.